The molecule has 1 aromatic rings. The highest BCUT2D eigenvalue weighted by molar-refractivity contribution is 7.09. The number of allylic oxidation sites excluding steroid dienone is 2. The molecule has 0 saturated heterocycles. The lowest BCUT2D eigenvalue weighted by Crippen LogP contribution is -2.00. The first-order chi connectivity index (χ1) is 7.15. The Balaban J connectivity index is 2.60. The monoisotopic (exact) mass is 223 g/mol. The quantitative estimate of drug-likeness (QED) is 0.717. The number of aromatic nitrogens is 1. The molecular weight excluding hydrogens is 206 g/mol. The lowest BCUT2D eigenvalue weighted by molar-refractivity contribution is -0.114. The van der Waals surface area contributed by atoms with Crippen molar-refractivity contribution in [3.63, 3.8) is 0 Å². The molecule has 0 aromatic carbocycles. The van der Waals surface area contributed by atoms with E-state index in [9.17, 15) is 4.79 Å². The van der Waals surface area contributed by atoms with Crippen LogP contribution in [0.25, 0.3) is 0 Å². The van der Waals surface area contributed by atoms with Gasteiger partial charge in [-0.05, 0) is 25.8 Å². The Bertz CT molecular complexity index is 359. The molecule has 0 saturated carbocycles. The van der Waals surface area contributed by atoms with Gasteiger partial charge in [-0.25, -0.2) is 4.98 Å². The predicted octanol–water partition coefficient (Wildman–Crippen LogP) is 3.31. The fourth-order valence-corrected chi connectivity index (χ4v) is 2.01. The zero-order valence-electron chi connectivity index (χ0n) is 9.54. The predicted molar refractivity (Wildman–Crippen MR) is 64.2 cm³/mol. The standard InChI is InChI=1S/C12H17NOS/c1-4-10(5-2)6-12(14)7-11-8-15-9(3)13-11/h6,8H,4-5,7H2,1-3H3. The van der Waals surface area contributed by atoms with Crippen LogP contribution in [0.15, 0.2) is 17.0 Å². The number of ketones is 1. The molecule has 0 aliphatic carbocycles. The molecule has 0 N–H and O–H groups in total. The first kappa shape index (κ1) is 12.1. The van der Waals surface area contributed by atoms with Crippen molar-refractivity contribution in [1.29, 1.82) is 0 Å². The van der Waals surface area contributed by atoms with Crippen molar-refractivity contribution in [2.24, 2.45) is 0 Å². The highest BCUT2D eigenvalue weighted by atomic mass is 32.1. The molecule has 0 aliphatic heterocycles. The SMILES string of the molecule is CCC(=CC(=O)Cc1csc(C)n1)CC. The fourth-order valence-electron chi connectivity index (χ4n) is 1.40. The summed E-state index contributed by atoms with van der Waals surface area (Å²) in [6.07, 6.45) is 4.12. The van der Waals surface area contributed by atoms with Crippen molar-refractivity contribution in [3.05, 3.63) is 27.7 Å². The van der Waals surface area contributed by atoms with Crippen LogP contribution in [-0.2, 0) is 11.2 Å². The van der Waals surface area contributed by atoms with E-state index in [0.717, 1.165) is 23.5 Å². The van der Waals surface area contributed by atoms with Gasteiger partial charge in [0.25, 0.3) is 0 Å². The molecule has 0 aliphatic rings. The molecule has 0 atom stereocenters. The van der Waals surface area contributed by atoms with Crippen molar-refractivity contribution >= 4 is 17.1 Å². The number of hydrogen-bond donors (Lipinski definition) is 0. The van der Waals surface area contributed by atoms with Crippen molar-refractivity contribution in [2.45, 2.75) is 40.0 Å². The molecule has 1 heterocycles. The highest BCUT2D eigenvalue weighted by Crippen LogP contribution is 2.10. The molecule has 0 radical (unpaired) electrons. The first-order valence-electron chi connectivity index (χ1n) is 5.29. The van der Waals surface area contributed by atoms with Gasteiger partial charge >= 0.3 is 0 Å². The second-order valence-corrected chi connectivity index (χ2v) is 4.57. The van der Waals surface area contributed by atoms with Gasteiger partial charge in [-0.2, -0.15) is 0 Å². The summed E-state index contributed by atoms with van der Waals surface area (Å²) in [5, 5.41) is 2.98. The van der Waals surface area contributed by atoms with Gasteiger partial charge in [0.2, 0.25) is 0 Å². The summed E-state index contributed by atoms with van der Waals surface area (Å²) in [7, 11) is 0. The molecule has 1 aromatic heterocycles. The largest absolute Gasteiger partial charge is 0.294 e. The van der Waals surface area contributed by atoms with Crippen molar-refractivity contribution in [2.75, 3.05) is 0 Å². The second kappa shape index (κ2) is 5.81. The van der Waals surface area contributed by atoms with Crippen LogP contribution in [0.2, 0.25) is 0 Å². The van der Waals surface area contributed by atoms with Crippen LogP contribution < -0.4 is 0 Å². The number of nitrogens with zero attached hydrogens (tertiary/aromatic N) is 1. The molecule has 0 amide bonds. The maximum absolute atomic E-state index is 11.6. The van der Waals surface area contributed by atoms with Crippen LogP contribution in [0.4, 0.5) is 0 Å². The molecule has 2 nitrogen and oxygen atoms in total. The molecule has 1 rings (SSSR count). The smallest absolute Gasteiger partial charge is 0.161 e. The molecule has 0 bridgehead atoms. The summed E-state index contributed by atoms with van der Waals surface area (Å²) in [5.41, 5.74) is 2.11. The van der Waals surface area contributed by atoms with Gasteiger partial charge in [0, 0.05) is 5.38 Å². The highest BCUT2D eigenvalue weighted by Gasteiger charge is 2.04. The van der Waals surface area contributed by atoms with Crippen molar-refractivity contribution in [3.8, 4) is 0 Å². The van der Waals surface area contributed by atoms with Crippen LogP contribution >= 0.6 is 11.3 Å². The van der Waals surface area contributed by atoms with E-state index >= 15 is 0 Å². The minimum Gasteiger partial charge on any atom is -0.294 e. The van der Waals surface area contributed by atoms with E-state index in [2.05, 4.69) is 18.8 Å². The molecule has 0 fully saturated rings. The fraction of sp³-hybridized carbons (Fsp3) is 0.500. The summed E-state index contributed by atoms with van der Waals surface area (Å²) < 4.78 is 0. The molecule has 82 valence electrons. The van der Waals surface area contributed by atoms with Crippen LogP contribution in [0.3, 0.4) is 0 Å². The Labute approximate surface area is 95.0 Å². The Morgan fingerprint density at radius 3 is 2.60 bits per heavy atom. The van der Waals surface area contributed by atoms with Gasteiger partial charge in [0.1, 0.15) is 0 Å². The van der Waals surface area contributed by atoms with Crippen molar-refractivity contribution in [1.82, 2.24) is 4.98 Å². The Hall–Kier alpha value is -0.960. The van der Waals surface area contributed by atoms with E-state index < -0.39 is 0 Å². The average molecular weight is 223 g/mol. The Morgan fingerprint density at radius 2 is 2.13 bits per heavy atom. The molecule has 15 heavy (non-hydrogen) atoms. The van der Waals surface area contributed by atoms with Gasteiger partial charge in [-0.15, -0.1) is 11.3 Å². The van der Waals surface area contributed by atoms with E-state index in [1.807, 2.05) is 12.3 Å². The van der Waals surface area contributed by atoms with E-state index in [0.29, 0.717) is 6.42 Å². The van der Waals surface area contributed by atoms with Crippen LogP contribution in [-0.4, -0.2) is 10.8 Å². The number of thiazole rings is 1. The first-order valence-corrected chi connectivity index (χ1v) is 6.17. The summed E-state index contributed by atoms with van der Waals surface area (Å²) in [6.45, 7) is 6.11. The second-order valence-electron chi connectivity index (χ2n) is 3.51. The van der Waals surface area contributed by atoms with Crippen molar-refractivity contribution < 1.29 is 4.79 Å². The number of carbonyl (C=O) groups excluding carboxylic acids is 1. The molecule has 0 spiro atoms. The van der Waals surface area contributed by atoms with Crippen LogP contribution in [0, 0.1) is 6.92 Å². The summed E-state index contributed by atoms with van der Waals surface area (Å²) in [6, 6.07) is 0. The third kappa shape index (κ3) is 3.96. The molecular formula is C12H17NOS. The normalized spacial score (nSPS) is 10.1. The number of rotatable bonds is 5. The van der Waals surface area contributed by atoms with E-state index in [1.165, 1.54) is 5.57 Å². The van der Waals surface area contributed by atoms with E-state index in [-0.39, 0.29) is 5.78 Å². The maximum atomic E-state index is 11.6. The van der Waals surface area contributed by atoms with Gasteiger partial charge in [-0.1, -0.05) is 19.4 Å². The number of carbonyl (C=O) groups is 1. The minimum absolute atomic E-state index is 0.166. The van der Waals surface area contributed by atoms with Gasteiger partial charge in [0.05, 0.1) is 17.1 Å². The van der Waals surface area contributed by atoms with Gasteiger partial charge < -0.3 is 0 Å². The average Bonchev–Trinajstić information content (AvgIpc) is 2.60. The van der Waals surface area contributed by atoms with Gasteiger partial charge in [0.15, 0.2) is 5.78 Å². The topological polar surface area (TPSA) is 30.0 Å². The van der Waals surface area contributed by atoms with E-state index in [1.54, 1.807) is 17.4 Å². The maximum Gasteiger partial charge on any atom is 0.161 e. The van der Waals surface area contributed by atoms with Crippen LogP contribution in [0.5, 0.6) is 0 Å². The molecule has 3 heteroatoms. The Morgan fingerprint density at radius 1 is 1.47 bits per heavy atom. The Kier molecular flexibility index (Phi) is 4.69. The summed E-state index contributed by atoms with van der Waals surface area (Å²) in [5.74, 6) is 0.166. The number of hydrogen-bond acceptors (Lipinski definition) is 3. The number of aryl methyl sites for hydroxylation is 1. The zero-order chi connectivity index (χ0) is 11.3. The van der Waals surface area contributed by atoms with Gasteiger partial charge in [-0.3, -0.25) is 4.79 Å². The lowest BCUT2D eigenvalue weighted by atomic mass is 10.1. The zero-order valence-corrected chi connectivity index (χ0v) is 10.4. The third-order valence-electron chi connectivity index (χ3n) is 2.30. The molecule has 0 unspecified atom stereocenters. The lowest BCUT2D eigenvalue weighted by Gasteiger charge is -1.98. The minimum atomic E-state index is 0.166. The third-order valence-corrected chi connectivity index (χ3v) is 3.12. The van der Waals surface area contributed by atoms with E-state index in [4.69, 9.17) is 0 Å². The summed E-state index contributed by atoms with van der Waals surface area (Å²) >= 11 is 1.59. The van der Waals surface area contributed by atoms with Crippen LogP contribution in [0.1, 0.15) is 37.4 Å². The summed E-state index contributed by atoms with van der Waals surface area (Å²) in [4.78, 5) is 15.9.